The molecule has 114 valence electrons. The molecule has 2 rings (SSSR count). The number of fused-ring (bicyclic) bond motifs is 1. The molecule has 0 aliphatic rings. The van der Waals surface area contributed by atoms with E-state index in [1.807, 2.05) is 12.1 Å². The predicted octanol–water partition coefficient (Wildman–Crippen LogP) is 4.16. The van der Waals surface area contributed by atoms with Gasteiger partial charge in [-0.2, -0.15) is 0 Å². The highest BCUT2D eigenvalue weighted by molar-refractivity contribution is 7.19. The first-order chi connectivity index (χ1) is 10.2. The van der Waals surface area contributed by atoms with E-state index < -0.39 is 0 Å². The summed E-state index contributed by atoms with van der Waals surface area (Å²) >= 11 is 1.69. The largest absolute Gasteiger partial charge is 0.312 e. The van der Waals surface area contributed by atoms with Crippen LogP contribution in [0.3, 0.4) is 0 Å². The van der Waals surface area contributed by atoms with Crippen LogP contribution in [-0.4, -0.2) is 24.5 Å². The minimum atomic E-state index is -0.115. The van der Waals surface area contributed by atoms with E-state index in [-0.39, 0.29) is 5.82 Å². The molecule has 21 heavy (non-hydrogen) atoms. The number of thiophene rings is 1. The molecule has 0 spiro atoms. The smallest absolute Gasteiger partial charge is 0.132 e. The summed E-state index contributed by atoms with van der Waals surface area (Å²) < 4.78 is 15.3. The van der Waals surface area contributed by atoms with Crippen molar-refractivity contribution in [2.75, 3.05) is 19.6 Å². The third-order valence-corrected chi connectivity index (χ3v) is 4.80. The minimum absolute atomic E-state index is 0.115. The predicted molar refractivity (Wildman–Crippen MR) is 90.3 cm³/mol. The lowest BCUT2D eigenvalue weighted by Gasteiger charge is -2.19. The standard InChI is InChI=1S/C17H23FN2S/c1-4-10-20(6-3)12-13-16(11-19-5-2)21-15-9-7-8-14(18)17(13)15/h4,7-9,19H,1,5-6,10-12H2,2-3H3. The zero-order valence-corrected chi connectivity index (χ0v) is 13.6. The van der Waals surface area contributed by atoms with Crippen LogP contribution in [0.4, 0.5) is 4.39 Å². The summed E-state index contributed by atoms with van der Waals surface area (Å²) in [7, 11) is 0. The highest BCUT2D eigenvalue weighted by Gasteiger charge is 2.17. The van der Waals surface area contributed by atoms with Crippen molar-refractivity contribution >= 4 is 21.4 Å². The number of rotatable bonds is 8. The molecule has 0 bridgehead atoms. The Labute approximate surface area is 130 Å². The summed E-state index contributed by atoms with van der Waals surface area (Å²) in [5, 5.41) is 4.15. The average Bonchev–Trinajstić information content (AvgIpc) is 2.83. The third-order valence-electron chi connectivity index (χ3n) is 3.60. The molecule has 0 aliphatic carbocycles. The van der Waals surface area contributed by atoms with Gasteiger partial charge in [-0.05, 0) is 30.8 Å². The fourth-order valence-electron chi connectivity index (χ4n) is 2.48. The molecule has 2 aromatic rings. The van der Waals surface area contributed by atoms with Crippen molar-refractivity contribution < 1.29 is 4.39 Å². The van der Waals surface area contributed by atoms with Crippen molar-refractivity contribution in [2.45, 2.75) is 26.9 Å². The van der Waals surface area contributed by atoms with Crippen LogP contribution in [0.15, 0.2) is 30.9 Å². The van der Waals surface area contributed by atoms with Crippen molar-refractivity contribution in [3.05, 3.63) is 47.1 Å². The number of nitrogens with one attached hydrogen (secondary N) is 1. The molecule has 1 aromatic heterocycles. The molecule has 0 saturated carbocycles. The maximum atomic E-state index is 14.3. The van der Waals surface area contributed by atoms with Gasteiger partial charge in [0, 0.05) is 34.6 Å². The van der Waals surface area contributed by atoms with Crippen LogP contribution in [0, 0.1) is 5.82 Å². The van der Waals surface area contributed by atoms with Crippen LogP contribution >= 0.6 is 11.3 Å². The van der Waals surface area contributed by atoms with Gasteiger partial charge in [0.1, 0.15) is 5.82 Å². The van der Waals surface area contributed by atoms with Crippen LogP contribution in [-0.2, 0) is 13.1 Å². The second-order valence-electron chi connectivity index (χ2n) is 5.01. The molecule has 1 N–H and O–H groups in total. The summed E-state index contributed by atoms with van der Waals surface area (Å²) in [5.41, 5.74) is 1.12. The highest BCUT2D eigenvalue weighted by Crippen LogP contribution is 2.34. The Balaban J connectivity index is 2.43. The van der Waals surface area contributed by atoms with Crippen molar-refractivity contribution in [1.29, 1.82) is 0 Å². The average molecular weight is 306 g/mol. The lowest BCUT2D eigenvalue weighted by atomic mass is 10.1. The molecule has 4 heteroatoms. The van der Waals surface area contributed by atoms with E-state index in [9.17, 15) is 4.39 Å². The van der Waals surface area contributed by atoms with Gasteiger partial charge in [0.25, 0.3) is 0 Å². The summed E-state index contributed by atoms with van der Waals surface area (Å²) in [6.07, 6.45) is 1.90. The first-order valence-corrected chi connectivity index (χ1v) is 8.25. The lowest BCUT2D eigenvalue weighted by Crippen LogP contribution is -2.23. The van der Waals surface area contributed by atoms with Gasteiger partial charge in [0.2, 0.25) is 0 Å². The Kier molecular flexibility index (Phi) is 5.91. The number of halogens is 1. The highest BCUT2D eigenvalue weighted by atomic mass is 32.1. The summed E-state index contributed by atoms with van der Waals surface area (Å²) in [6.45, 7) is 12.3. The van der Waals surface area contributed by atoms with Gasteiger partial charge in [0.05, 0.1) is 0 Å². The molecule has 1 heterocycles. The molecule has 0 amide bonds. The summed E-state index contributed by atoms with van der Waals surface area (Å²) in [6, 6.07) is 5.35. The first kappa shape index (κ1) is 16.1. The molecular formula is C17H23FN2S. The number of likely N-dealkylation sites (N-methyl/N-ethyl adjacent to an activating group) is 1. The van der Waals surface area contributed by atoms with Gasteiger partial charge in [-0.15, -0.1) is 17.9 Å². The van der Waals surface area contributed by atoms with Crippen molar-refractivity contribution in [1.82, 2.24) is 10.2 Å². The van der Waals surface area contributed by atoms with Crippen molar-refractivity contribution in [3.8, 4) is 0 Å². The van der Waals surface area contributed by atoms with Gasteiger partial charge in [-0.1, -0.05) is 26.0 Å². The fourth-order valence-corrected chi connectivity index (χ4v) is 3.68. The Bertz CT molecular complexity index is 606. The Morgan fingerprint density at radius 2 is 2.19 bits per heavy atom. The van der Waals surface area contributed by atoms with Gasteiger partial charge in [0.15, 0.2) is 0 Å². The molecule has 0 unspecified atom stereocenters. The van der Waals surface area contributed by atoms with Crippen LogP contribution in [0.2, 0.25) is 0 Å². The fraction of sp³-hybridized carbons (Fsp3) is 0.412. The van der Waals surface area contributed by atoms with E-state index in [4.69, 9.17) is 0 Å². The topological polar surface area (TPSA) is 15.3 Å². The van der Waals surface area contributed by atoms with Crippen LogP contribution < -0.4 is 5.32 Å². The minimum Gasteiger partial charge on any atom is -0.312 e. The van der Waals surface area contributed by atoms with E-state index in [2.05, 4.69) is 30.6 Å². The molecule has 1 aromatic carbocycles. The van der Waals surface area contributed by atoms with E-state index in [0.29, 0.717) is 0 Å². The van der Waals surface area contributed by atoms with Crippen molar-refractivity contribution in [3.63, 3.8) is 0 Å². The van der Waals surface area contributed by atoms with Crippen molar-refractivity contribution in [2.24, 2.45) is 0 Å². The molecule has 2 nitrogen and oxygen atoms in total. The lowest BCUT2D eigenvalue weighted by molar-refractivity contribution is 0.311. The van der Waals surface area contributed by atoms with Crippen LogP contribution in [0.5, 0.6) is 0 Å². The Morgan fingerprint density at radius 3 is 2.86 bits per heavy atom. The Hall–Kier alpha value is -1.23. The maximum absolute atomic E-state index is 14.3. The summed E-state index contributed by atoms with van der Waals surface area (Å²) in [4.78, 5) is 3.51. The quantitative estimate of drug-likeness (QED) is 0.737. The maximum Gasteiger partial charge on any atom is 0.132 e. The molecule has 0 saturated heterocycles. The van der Waals surface area contributed by atoms with Crippen LogP contribution in [0.1, 0.15) is 24.3 Å². The van der Waals surface area contributed by atoms with E-state index in [0.717, 1.165) is 48.4 Å². The van der Waals surface area contributed by atoms with Gasteiger partial charge >= 0.3 is 0 Å². The normalized spacial score (nSPS) is 11.4. The van der Waals surface area contributed by atoms with E-state index >= 15 is 0 Å². The number of benzene rings is 1. The molecule has 0 radical (unpaired) electrons. The van der Waals surface area contributed by atoms with E-state index in [1.165, 1.54) is 4.88 Å². The zero-order valence-electron chi connectivity index (χ0n) is 12.8. The number of nitrogens with zero attached hydrogens (tertiary/aromatic N) is 1. The zero-order chi connectivity index (χ0) is 15.2. The first-order valence-electron chi connectivity index (χ1n) is 7.43. The van der Waals surface area contributed by atoms with Gasteiger partial charge in [-0.25, -0.2) is 4.39 Å². The second-order valence-corrected chi connectivity index (χ2v) is 6.15. The number of hydrogen-bond donors (Lipinski definition) is 1. The SMILES string of the molecule is C=CCN(CC)Cc1c(CNCC)sc2cccc(F)c12. The summed E-state index contributed by atoms with van der Waals surface area (Å²) in [5.74, 6) is -0.115. The second kappa shape index (κ2) is 7.69. The number of hydrogen-bond acceptors (Lipinski definition) is 3. The third kappa shape index (κ3) is 3.70. The van der Waals surface area contributed by atoms with Crippen LogP contribution in [0.25, 0.3) is 10.1 Å². The molecular weight excluding hydrogens is 283 g/mol. The van der Waals surface area contributed by atoms with Gasteiger partial charge in [-0.3, -0.25) is 4.90 Å². The van der Waals surface area contributed by atoms with Gasteiger partial charge < -0.3 is 5.32 Å². The molecule has 0 fully saturated rings. The molecule has 0 aliphatic heterocycles. The monoisotopic (exact) mass is 306 g/mol. The Morgan fingerprint density at radius 1 is 1.38 bits per heavy atom. The van der Waals surface area contributed by atoms with E-state index in [1.54, 1.807) is 23.5 Å². The molecule has 0 atom stereocenters.